The van der Waals surface area contributed by atoms with Crippen molar-refractivity contribution in [2.24, 2.45) is 0 Å². The molecule has 0 aliphatic heterocycles. The summed E-state index contributed by atoms with van der Waals surface area (Å²) in [4.78, 5) is 7.99. The minimum Gasteiger partial charge on any atom is -0.506 e. The summed E-state index contributed by atoms with van der Waals surface area (Å²) in [6.07, 6.45) is 3.18. The largest absolute Gasteiger partial charge is 0.506 e. The van der Waals surface area contributed by atoms with Crippen molar-refractivity contribution in [2.75, 3.05) is 0 Å². The first kappa shape index (κ1) is 10.0. The smallest absolute Gasteiger partial charge is 0.144 e. The van der Waals surface area contributed by atoms with Crippen molar-refractivity contribution >= 4 is 11.0 Å². The topological polar surface area (TPSA) is 46.0 Å². The number of nitrogens with zero attached hydrogens (tertiary/aromatic N) is 2. The van der Waals surface area contributed by atoms with Crippen molar-refractivity contribution in [1.29, 1.82) is 0 Å². The number of aromatic nitrogens is 2. The molecule has 1 N–H and O–H groups in total. The van der Waals surface area contributed by atoms with Gasteiger partial charge in [0.1, 0.15) is 11.3 Å². The van der Waals surface area contributed by atoms with Crippen LogP contribution in [0.4, 0.5) is 0 Å². The summed E-state index contributed by atoms with van der Waals surface area (Å²) in [6.45, 7) is 0. The third-order valence-corrected chi connectivity index (χ3v) is 1.48. The third-order valence-electron chi connectivity index (χ3n) is 1.48. The molecule has 2 heterocycles. The Hall–Kier alpha value is -0.0556. The van der Waals surface area contributed by atoms with E-state index in [1.54, 1.807) is 18.5 Å². The molecule has 2 rings (SSSR count). The molecule has 1 radical (unpaired) electrons. The van der Waals surface area contributed by atoms with Gasteiger partial charge in [-0.15, -0.1) is 0 Å². The second-order valence-corrected chi connectivity index (χ2v) is 2.20. The number of rotatable bonds is 0. The molecule has 0 bridgehead atoms. The summed E-state index contributed by atoms with van der Waals surface area (Å²) in [5, 5.41) is 9.27. The summed E-state index contributed by atoms with van der Waals surface area (Å²) in [5.41, 5.74) is 1.27. The van der Waals surface area contributed by atoms with E-state index in [0.29, 0.717) is 11.0 Å². The van der Waals surface area contributed by atoms with Crippen LogP contribution in [0.1, 0.15) is 0 Å². The number of fused-ring (bicyclic) bond motifs is 1. The molecule has 61 valence electrons. The van der Waals surface area contributed by atoms with E-state index in [-0.39, 0.29) is 55.1 Å². The average molecular weight is 298 g/mol. The van der Waals surface area contributed by atoms with E-state index in [9.17, 15) is 5.11 Å². The Morgan fingerprint density at radius 2 is 1.92 bits per heavy atom. The SMILES string of the molecule is Oc1ccnc2cccnc12.[Eu]. The Kier molecular flexibility index (Phi) is 3.56. The quantitative estimate of drug-likeness (QED) is 0.798. The molecule has 0 spiro atoms. The molecule has 0 aliphatic carbocycles. The van der Waals surface area contributed by atoms with E-state index in [2.05, 4.69) is 9.97 Å². The minimum atomic E-state index is 0. The van der Waals surface area contributed by atoms with Gasteiger partial charge in [-0.05, 0) is 12.1 Å². The van der Waals surface area contributed by atoms with Crippen LogP contribution in [0.25, 0.3) is 11.0 Å². The van der Waals surface area contributed by atoms with Crippen LogP contribution in [0.15, 0.2) is 30.6 Å². The van der Waals surface area contributed by atoms with Gasteiger partial charge in [-0.2, -0.15) is 0 Å². The van der Waals surface area contributed by atoms with Gasteiger partial charge in [0.15, 0.2) is 0 Å². The van der Waals surface area contributed by atoms with Crippen molar-refractivity contribution in [3.63, 3.8) is 0 Å². The molecule has 2 aromatic rings. The molecule has 0 amide bonds. The van der Waals surface area contributed by atoms with E-state index >= 15 is 0 Å². The Morgan fingerprint density at radius 3 is 2.67 bits per heavy atom. The molecule has 0 unspecified atom stereocenters. The molecular formula is C8H6EuN2O. The zero-order valence-electron chi connectivity index (χ0n) is 6.11. The van der Waals surface area contributed by atoms with Crippen LogP contribution < -0.4 is 0 Å². The fourth-order valence-electron chi connectivity index (χ4n) is 0.965. The van der Waals surface area contributed by atoms with Crippen LogP contribution in [0.2, 0.25) is 0 Å². The second-order valence-electron chi connectivity index (χ2n) is 2.20. The maximum absolute atomic E-state index is 9.27. The molecule has 0 aromatic carbocycles. The van der Waals surface area contributed by atoms with Crippen molar-refractivity contribution in [3.05, 3.63) is 30.6 Å². The van der Waals surface area contributed by atoms with Crippen LogP contribution in [0.5, 0.6) is 5.75 Å². The summed E-state index contributed by atoms with van der Waals surface area (Å²) >= 11 is 0. The van der Waals surface area contributed by atoms with Crippen LogP contribution in [0, 0.1) is 49.4 Å². The first-order valence-electron chi connectivity index (χ1n) is 3.26. The van der Waals surface area contributed by atoms with E-state index < -0.39 is 0 Å². The monoisotopic (exact) mass is 299 g/mol. The molecule has 3 nitrogen and oxygen atoms in total. The van der Waals surface area contributed by atoms with Gasteiger partial charge in [-0.1, -0.05) is 0 Å². The zero-order chi connectivity index (χ0) is 7.68. The molecule has 12 heavy (non-hydrogen) atoms. The van der Waals surface area contributed by atoms with Gasteiger partial charge in [0.2, 0.25) is 0 Å². The summed E-state index contributed by atoms with van der Waals surface area (Å²) in [5.74, 6) is 0.176. The Labute approximate surface area is 110 Å². The molecule has 4 heteroatoms. The molecule has 0 atom stereocenters. The van der Waals surface area contributed by atoms with Crippen molar-refractivity contribution in [1.82, 2.24) is 9.97 Å². The molecular weight excluding hydrogens is 292 g/mol. The molecule has 0 fully saturated rings. The maximum atomic E-state index is 9.27. The predicted octanol–water partition coefficient (Wildman–Crippen LogP) is 1.34. The Morgan fingerprint density at radius 1 is 1.08 bits per heavy atom. The van der Waals surface area contributed by atoms with Crippen LogP contribution in [-0.4, -0.2) is 15.1 Å². The van der Waals surface area contributed by atoms with E-state index in [0.717, 1.165) is 0 Å². The van der Waals surface area contributed by atoms with Gasteiger partial charge in [-0.3, -0.25) is 9.97 Å². The second kappa shape index (κ2) is 4.26. The van der Waals surface area contributed by atoms with Gasteiger partial charge in [0.05, 0.1) is 5.52 Å². The predicted molar refractivity (Wildman–Crippen MR) is 41.2 cm³/mol. The molecule has 0 saturated heterocycles. The minimum absolute atomic E-state index is 0. The van der Waals surface area contributed by atoms with Crippen LogP contribution >= 0.6 is 0 Å². The summed E-state index contributed by atoms with van der Waals surface area (Å²) in [7, 11) is 0. The molecule has 0 aliphatic rings. The van der Waals surface area contributed by atoms with Crippen molar-refractivity contribution < 1.29 is 54.5 Å². The van der Waals surface area contributed by atoms with Gasteiger partial charge in [-0.25, -0.2) is 0 Å². The average Bonchev–Trinajstić information content (AvgIpc) is 2.06. The number of aromatic hydroxyl groups is 1. The summed E-state index contributed by atoms with van der Waals surface area (Å²) in [6, 6.07) is 5.12. The Bertz CT molecular complexity index is 386. The first-order chi connectivity index (χ1) is 5.38. The Balaban J connectivity index is 0.000000720. The van der Waals surface area contributed by atoms with E-state index in [4.69, 9.17) is 0 Å². The number of pyridine rings is 2. The van der Waals surface area contributed by atoms with Crippen LogP contribution in [0.3, 0.4) is 0 Å². The summed E-state index contributed by atoms with van der Waals surface area (Å²) < 4.78 is 0. The fraction of sp³-hybridized carbons (Fsp3) is 0. The van der Waals surface area contributed by atoms with Crippen LogP contribution in [-0.2, 0) is 0 Å². The van der Waals surface area contributed by atoms with Gasteiger partial charge in [0, 0.05) is 67.8 Å². The van der Waals surface area contributed by atoms with E-state index in [1.807, 2.05) is 6.07 Å². The van der Waals surface area contributed by atoms with Gasteiger partial charge in [0.25, 0.3) is 0 Å². The first-order valence-corrected chi connectivity index (χ1v) is 3.26. The van der Waals surface area contributed by atoms with Gasteiger partial charge >= 0.3 is 0 Å². The van der Waals surface area contributed by atoms with Crippen molar-refractivity contribution in [3.8, 4) is 5.75 Å². The maximum Gasteiger partial charge on any atom is 0.144 e. The van der Waals surface area contributed by atoms with Crippen molar-refractivity contribution in [2.45, 2.75) is 0 Å². The standard InChI is InChI=1S/C8H6N2O.Eu/c11-7-3-5-9-6-2-1-4-10-8(6)7;/h1-5H,(H,9,11);. The number of hydrogen-bond donors (Lipinski definition) is 1. The molecule has 2 aromatic heterocycles. The van der Waals surface area contributed by atoms with E-state index in [1.165, 1.54) is 6.07 Å². The van der Waals surface area contributed by atoms with Gasteiger partial charge < -0.3 is 5.11 Å². The fourth-order valence-corrected chi connectivity index (χ4v) is 0.965. The zero-order valence-corrected chi connectivity index (χ0v) is 8.53. The number of hydrogen-bond acceptors (Lipinski definition) is 3. The third kappa shape index (κ3) is 1.81. The normalized spacial score (nSPS) is 9.33. The molecule has 0 saturated carbocycles.